The van der Waals surface area contributed by atoms with E-state index in [1.54, 1.807) is 24.1 Å². The lowest BCUT2D eigenvalue weighted by Crippen LogP contribution is -2.30. The number of hydrogen-bond donors (Lipinski definition) is 1. The van der Waals surface area contributed by atoms with Gasteiger partial charge in [0.15, 0.2) is 5.76 Å². The Labute approximate surface area is 94.4 Å². The second kappa shape index (κ2) is 5.95. The number of nitrogens with one attached hydrogen (secondary N) is 1. The van der Waals surface area contributed by atoms with E-state index in [2.05, 4.69) is 5.32 Å². The minimum Gasteiger partial charge on any atom is -0.459 e. The lowest BCUT2D eigenvalue weighted by molar-refractivity contribution is -0.118. The third-order valence-electron chi connectivity index (χ3n) is 2.12. The number of carbonyl (C=O) groups is 2. The summed E-state index contributed by atoms with van der Waals surface area (Å²) in [6, 6.07) is 3.31. The highest BCUT2D eigenvalue weighted by Gasteiger charge is 2.13. The van der Waals surface area contributed by atoms with Gasteiger partial charge >= 0.3 is 0 Å². The molecule has 0 aliphatic carbocycles. The Hall–Kier alpha value is -1.78. The smallest absolute Gasteiger partial charge is 0.289 e. The minimum atomic E-state index is -0.146. The van der Waals surface area contributed by atoms with Crippen LogP contribution in [0.3, 0.4) is 0 Å². The molecule has 0 aromatic carbocycles. The van der Waals surface area contributed by atoms with Crippen molar-refractivity contribution in [2.24, 2.45) is 0 Å². The molecule has 0 unspecified atom stereocenters. The van der Waals surface area contributed by atoms with E-state index in [9.17, 15) is 9.59 Å². The summed E-state index contributed by atoms with van der Waals surface area (Å²) in [6.45, 7) is 2.63. The highest BCUT2D eigenvalue weighted by atomic mass is 16.3. The van der Waals surface area contributed by atoms with E-state index in [1.165, 1.54) is 13.2 Å². The second-order valence-corrected chi connectivity index (χ2v) is 3.54. The number of hydrogen-bond acceptors (Lipinski definition) is 3. The molecule has 0 saturated heterocycles. The Morgan fingerprint density at radius 3 is 2.81 bits per heavy atom. The molecule has 0 radical (unpaired) electrons. The summed E-state index contributed by atoms with van der Waals surface area (Å²) in [5, 5.41) is 2.67. The van der Waals surface area contributed by atoms with E-state index in [4.69, 9.17) is 4.42 Å². The summed E-state index contributed by atoms with van der Waals surface area (Å²) in [7, 11) is 1.71. The monoisotopic (exact) mass is 224 g/mol. The number of nitrogens with zero attached hydrogens (tertiary/aromatic N) is 1. The molecule has 0 saturated carbocycles. The van der Waals surface area contributed by atoms with Crippen LogP contribution >= 0.6 is 0 Å². The zero-order valence-electron chi connectivity index (χ0n) is 9.53. The zero-order valence-corrected chi connectivity index (χ0v) is 9.53. The van der Waals surface area contributed by atoms with Crippen LogP contribution in [0.1, 0.15) is 23.9 Å². The first-order valence-corrected chi connectivity index (χ1v) is 5.14. The largest absolute Gasteiger partial charge is 0.459 e. The van der Waals surface area contributed by atoms with Crippen LogP contribution in [0, 0.1) is 0 Å². The van der Waals surface area contributed by atoms with Crippen molar-refractivity contribution in [2.45, 2.75) is 13.3 Å². The highest BCUT2D eigenvalue weighted by molar-refractivity contribution is 5.91. The molecule has 1 heterocycles. The van der Waals surface area contributed by atoms with Gasteiger partial charge in [0.25, 0.3) is 5.91 Å². The molecule has 0 atom stereocenters. The van der Waals surface area contributed by atoms with E-state index < -0.39 is 0 Å². The molecule has 16 heavy (non-hydrogen) atoms. The fourth-order valence-electron chi connectivity index (χ4n) is 1.27. The SMILES string of the molecule is CC(=O)NCCCN(C)C(=O)c1ccco1. The van der Waals surface area contributed by atoms with Crippen molar-refractivity contribution in [3.8, 4) is 0 Å². The van der Waals surface area contributed by atoms with E-state index in [-0.39, 0.29) is 11.8 Å². The maximum atomic E-state index is 11.7. The Balaban J connectivity index is 2.27. The van der Waals surface area contributed by atoms with Gasteiger partial charge in [-0.15, -0.1) is 0 Å². The highest BCUT2D eigenvalue weighted by Crippen LogP contribution is 2.04. The summed E-state index contributed by atoms with van der Waals surface area (Å²) < 4.78 is 5.00. The van der Waals surface area contributed by atoms with Crippen molar-refractivity contribution >= 4 is 11.8 Å². The van der Waals surface area contributed by atoms with Gasteiger partial charge in [-0.05, 0) is 18.6 Å². The Morgan fingerprint density at radius 1 is 1.50 bits per heavy atom. The maximum Gasteiger partial charge on any atom is 0.289 e. The van der Waals surface area contributed by atoms with Gasteiger partial charge < -0.3 is 14.6 Å². The molecule has 1 N–H and O–H groups in total. The predicted octanol–water partition coefficient (Wildman–Crippen LogP) is 0.878. The molecule has 5 nitrogen and oxygen atoms in total. The molecule has 88 valence electrons. The zero-order chi connectivity index (χ0) is 12.0. The van der Waals surface area contributed by atoms with Crippen molar-refractivity contribution in [3.63, 3.8) is 0 Å². The fourth-order valence-corrected chi connectivity index (χ4v) is 1.27. The molecule has 0 fully saturated rings. The molecular weight excluding hydrogens is 208 g/mol. The molecule has 2 amide bonds. The molecule has 0 bridgehead atoms. The van der Waals surface area contributed by atoms with E-state index >= 15 is 0 Å². The van der Waals surface area contributed by atoms with Gasteiger partial charge in [-0.1, -0.05) is 0 Å². The maximum absolute atomic E-state index is 11.7. The molecule has 0 spiro atoms. The van der Waals surface area contributed by atoms with Gasteiger partial charge in [0.05, 0.1) is 6.26 Å². The van der Waals surface area contributed by atoms with Crippen LogP contribution in [-0.4, -0.2) is 36.9 Å². The van der Waals surface area contributed by atoms with Gasteiger partial charge in [-0.3, -0.25) is 9.59 Å². The first-order valence-electron chi connectivity index (χ1n) is 5.14. The van der Waals surface area contributed by atoms with Gasteiger partial charge in [-0.25, -0.2) is 0 Å². The summed E-state index contributed by atoms with van der Waals surface area (Å²) in [5.41, 5.74) is 0. The summed E-state index contributed by atoms with van der Waals surface area (Å²) >= 11 is 0. The normalized spacial score (nSPS) is 9.88. The van der Waals surface area contributed by atoms with Crippen LogP contribution in [-0.2, 0) is 4.79 Å². The van der Waals surface area contributed by atoms with Gasteiger partial charge in [0, 0.05) is 27.1 Å². The van der Waals surface area contributed by atoms with Crippen molar-refractivity contribution in [1.29, 1.82) is 0 Å². The number of carbonyl (C=O) groups excluding carboxylic acids is 2. The van der Waals surface area contributed by atoms with Crippen molar-refractivity contribution < 1.29 is 14.0 Å². The van der Waals surface area contributed by atoms with Crippen LogP contribution < -0.4 is 5.32 Å². The Kier molecular flexibility index (Phi) is 4.57. The third-order valence-corrected chi connectivity index (χ3v) is 2.12. The van der Waals surface area contributed by atoms with Crippen molar-refractivity contribution in [3.05, 3.63) is 24.2 Å². The second-order valence-electron chi connectivity index (χ2n) is 3.54. The lowest BCUT2D eigenvalue weighted by Gasteiger charge is -2.15. The van der Waals surface area contributed by atoms with Gasteiger partial charge in [0.2, 0.25) is 5.91 Å². The number of rotatable bonds is 5. The van der Waals surface area contributed by atoms with Crippen LogP contribution in [0.25, 0.3) is 0 Å². The molecule has 0 aliphatic heterocycles. The Morgan fingerprint density at radius 2 is 2.25 bits per heavy atom. The van der Waals surface area contributed by atoms with Crippen LogP contribution in [0.5, 0.6) is 0 Å². The third kappa shape index (κ3) is 3.76. The number of amides is 2. The fraction of sp³-hybridized carbons (Fsp3) is 0.455. The predicted molar refractivity (Wildman–Crippen MR) is 59.0 cm³/mol. The average Bonchev–Trinajstić information content (AvgIpc) is 2.76. The minimum absolute atomic E-state index is 0.0555. The van der Waals surface area contributed by atoms with E-state index in [0.717, 1.165) is 6.42 Å². The van der Waals surface area contributed by atoms with E-state index in [1.807, 2.05) is 0 Å². The summed E-state index contributed by atoms with van der Waals surface area (Å²) in [6.07, 6.45) is 2.20. The van der Waals surface area contributed by atoms with E-state index in [0.29, 0.717) is 18.8 Å². The van der Waals surface area contributed by atoms with Crippen LogP contribution in [0.15, 0.2) is 22.8 Å². The first-order chi connectivity index (χ1) is 7.61. The lowest BCUT2D eigenvalue weighted by atomic mass is 10.3. The number of furan rings is 1. The molecule has 5 heteroatoms. The molecule has 1 aromatic rings. The van der Waals surface area contributed by atoms with Gasteiger partial charge in [0.1, 0.15) is 0 Å². The Bertz CT molecular complexity index is 346. The van der Waals surface area contributed by atoms with Crippen molar-refractivity contribution in [1.82, 2.24) is 10.2 Å². The molecule has 0 aliphatic rings. The molecular formula is C11H16N2O3. The molecule has 1 aromatic heterocycles. The van der Waals surface area contributed by atoms with Crippen molar-refractivity contribution in [2.75, 3.05) is 20.1 Å². The summed E-state index contributed by atoms with van der Waals surface area (Å²) in [4.78, 5) is 23.9. The first kappa shape index (κ1) is 12.3. The molecule has 1 rings (SSSR count). The van der Waals surface area contributed by atoms with Crippen LogP contribution in [0.4, 0.5) is 0 Å². The average molecular weight is 224 g/mol. The quantitative estimate of drug-likeness (QED) is 0.755. The van der Waals surface area contributed by atoms with Gasteiger partial charge in [-0.2, -0.15) is 0 Å². The standard InChI is InChI=1S/C11H16N2O3/c1-9(14)12-6-4-7-13(2)11(15)10-5-3-8-16-10/h3,5,8H,4,6-7H2,1-2H3,(H,12,14). The van der Waals surface area contributed by atoms with Crippen LogP contribution in [0.2, 0.25) is 0 Å². The summed E-state index contributed by atoms with van der Waals surface area (Å²) in [5.74, 6) is 0.134. The topological polar surface area (TPSA) is 62.6 Å².